The molecule has 3 aromatic rings. The molecule has 0 saturated carbocycles. The van der Waals surface area contributed by atoms with Crippen LogP contribution in [0.3, 0.4) is 0 Å². The number of halogens is 1. The van der Waals surface area contributed by atoms with E-state index < -0.39 is 0 Å². The van der Waals surface area contributed by atoms with E-state index in [9.17, 15) is 0 Å². The maximum absolute atomic E-state index is 5.45. The third-order valence-electron chi connectivity index (χ3n) is 4.28. The van der Waals surface area contributed by atoms with E-state index in [1.54, 1.807) is 0 Å². The summed E-state index contributed by atoms with van der Waals surface area (Å²) in [6, 6.07) is 25.0. The van der Waals surface area contributed by atoms with Gasteiger partial charge in [-0.3, -0.25) is 0 Å². The fourth-order valence-corrected chi connectivity index (χ4v) is 4.72. The molecule has 1 aliphatic heterocycles. The lowest BCUT2D eigenvalue weighted by Crippen LogP contribution is -2.36. The molecule has 0 aromatic heterocycles. The van der Waals surface area contributed by atoms with Gasteiger partial charge < -0.3 is 15.5 Å². The van der Waals surface area contributed by atoms with Crippen LogP contribution in [0.5, 0.6) is 0 Å². The summed E-state index contributed by atoms with van der Waals surface area (Å²) in [4.78, 5) is 4.92. The number of thiocarbonyl (C=S) groups is 1. The molecule has 0 bridgehead atoms. The van der Waals surface area contributed by atoms with Crippen molar-refractivity contribution in [1.29, 1.82) is 0 Å². The largest absolute Gasteiger partial charge is 0.361 e. The van der Waals surface area contributed by atoms with Crippen LogP contribution in [0.4, 0.5) is 17.1 Å². The van der Waals surface area contributed by atoms with Crippen LogP contribution in [0.1, 0.15) is 0 Å². The van der Waals surface area contributed by atoms with Crippen LogP contribution in [-0.2, 0) is 0 Å². The Balaban J connectivity index is 1.44. The van der Waals surface area contributed by atoms with E-state index in [2.05, 4.69) is 80.0 Å². The highest BCUT2D eigenvalue weighted by molar-refractivity contribution is 9.10. The molecule has 0 fully saturated rings. The van der Waals surface area contributed by atoms with E-state index in [4.69, 9.17) is 12.2 Å². The van der Waals surface area contributed by atoms with Crippen molar-refractivity contribution in [3.63, 3.8) is 0 Å². The van der Waals surface area contributed by atoms with E-state index >= 15 is 0 Å². The maximum atomic E-state index is 5.45. The quantitative estimate of drug-likeness (QED) is 0.467. The molecule has 6 heteroatoms. The Kier molecular flexibility index (Phi) is 5.66. The summed E-state index contributed by atoms with van der Waals surface area (Å²) in [5.41, 5.74) is 3.44. The van der Waals surface area contributed by atoms with Crippen LogP contribution in [0, 0.1) is 0 Å². The second-order valence-electron chi connectivity index (χ2n) is 6.05. The summed E-state index contributed by atoms with van der Waals surface area (Å²) in [5, 5.41) is 7.18. The first-order chi connectivity index (χ1) is 13.2. The number of para-hydroxylation sites is 3. The highest BCUT2D eigenvalue weighted by atomic mass is 79.9. The number of nitrogens with zero attached hydrogens (tertiary/aromatic N) is 1. The van der Waals surface area contributed by atoms with E-state index in [0.29, 0.717) is 5.11 Å². The molecular weight excluding hydrogens is 438 g/mol. The van der Waals surface area contributed by atoms with E-state index in [-0.39, 0.29) is 0 Å². The Hall–Kier alpha value is -2.02. The van der Waals surface area contributed by atoms with Gasteiger partial charge in [0.2, 0.25) is 0 Å². The van der Waals surface area contributed by atoms with Crippen molar-refractivity contribution in [1.82, 2.24) is 5.32 Å². The first kappa shape index (κ1) is 18.3. The Labute approximate surface area is 177 Å². The zero-order chi connectivity index (χ0) is 18.6. The molecule has 0 amide bonds. The molecule has 1 aliphatic rings. The molecule has 2 N–H and O–H groups in total. The lowest BCUT2D eigenvalue weighted by atomic mass is 10.2. The molecule has 0 unspecified atom stereocenters. The number of rotatable bonds is 4. The van der Waals surface area contributed by atoms with Gasteiger partial charge in [0.15, 0.2) is 5.11 Å². The average molecular weight is 456 g/mol. The predicted octanol–water partition coefficient (Wildman–Crippen LogP) is 6.04. The van der Waals surface area contributed by atoms with Gasteiger partial charge in [0, 0.05) is 27.4 Å². The number of hydrogen-bond donors (Lipinski definition) is 2. The molecule has 0 atom stereocenters. The summed E-state index contributed by atoms with van der Waals surface area (Å²) in [7, 11) is 0. The van der Waals surface area contributed by atoms with E-state index in [1.807, 2.05) is 36.0 Å². The summed E-state index contributed by atoms with van der Waals surface area (Å²) in [6.45, 7) is 1.57. The normalized spacial score (nSPS) is 12.1. The van der Waals surface area contributed by atoms with E-state index in [1.165, 1.54) is 21.2 Å². The van der Waals surface area contributed by atoms with Crippen molar-refractivity contribution in [2.75, 3.05) is 23.3 Å². The standard InChI is InChI=1S/C21H18BrN3S2/c22-15-7-1-2-8-16(15)24-21(26)23-13-14-25-17-9-3-5-11-19(17)27-20-12-6-4-10-18(20)25/h1-12H,13-14H2,(H2,23,24,26). The summed E-state index contributed by atoms with van der Waals surface area (Å²) < 4.78 is 0.991. The fraction of sp³-hybridized carbons (Fsp3) is 0.0952. The minimum absolute atomic E-state index is 0.620. The second-order valence-corrected chi connectivity index (χ2v) is 8.40. The summed E-state index contributed by atoms with van der Waals surface area (Å²) in [5.74, 6) is 0. The number of benzene rings is 3. The Morgan fingerprint density at radius 2 is 1.48 bits per heavy atom. The summed E-state index contributed by atoms with van der Waals surface area (Å²) in [6.07, 6.45) is 0. The van der Waals surface area contributed by atoms with Crippen molar-refractivity contribution >= 4 is 62.1 Å². The topological polar surface area (TPSA) is 27.3 Å². The van der Waals surface area contributed by atoms with Crippen LogP contribution in [0.15, 0.2) is 87.1 Å². The highest BCUT2D eigenvalue weighted by Crippen LogP contribution is 2.47. The van der Waals surface area contributed by atoms with Crippen LogP contribution in [0.2, 0.25) is 0 Å². The Bertz CT molecular complexity index is 931. The molecule has 0 spiro atoms. The maximum Gasteiger partial charge on any atom is 0.170 e. The van der Waals surface area contributed by atoms with Gasteiger partial charge in [-0.1, -0.05) is 48.2 Å². The van der Waals surface area contributed by atoms with Gasteiger partial charge in [-0.25, -0.2) is 0 Å². The van der Waals surface area contributed by atoms with Crippen LogP contribution < -0.4 is 15.5 Å². The fourth-order valence-electron chi connectivity index (χ4n) is 3.03. The van der Waals surface area contributed by atoms with Crippen molar-refractivity contribution in [2.45, 2.75) is 9.79 Å². The molecule has 0 radical (unpaired) electrons. The van der Waals surface area contributed by atoms with Gasteiger partial charge in [-0.2, -0.15) is 0 Å². The Morgan fingerprint density at radius 3 is 2.15 bits per heavy atom. The van der Waals surface area contributed by atoms with Crippen LogP contribution >= 0.6 is 39.9 Å². The second kappa shape index (κ2) is 8.33. The monoisotopic (exact) mass is 455 g/mol. The third-order valence-corrected chi connectivity index (χ3v) is 6.34. The van der Waals surface area contributed by atoms with Gasteiger partial charge >= 0.3 is 0 Å². The molecule has 136 valence electrons. The van der Waals surface area contributed by atoms with Gasteiger partial charge in [0.1, 0.15) is 0 Å². The zero-order valence-corrected chi connectivity index (χ0v) is 17.7. The molecule has 0 aliphatic carbocycles. The first-order valence-electron chi connectivity index (χ1n) is 8.65. The van der Waals surface area contributed by atoms with Gasteiger partial charge in [0.05, 0.1) is 17.1 Å². The third kappa shape index (κ3) is 4.13. The molecule has 4 rings (SSSR count). The number of nitrogens with one attached hydrogen (secondary N) is 2. The van der Waals surface area contributed by atoms with Crippen molar-refractivity contribution in [3.8, 4) is 0 Å². The zero-order valence-electron chi connectivity index (χ0n) is 14.5. The van der Waals surface area contributed by atoms with Crippen LogP contribution in [-0.4, -0.2) is 18.2 Å². The molecule has 1 heterocycles. The Morgan fingerprint density at radius 1 is 0.889 bits per heavy atom. The highest BCUT2D eigenvalue weighted by Gasteiger charge is 2.22. The molecule has 0 saturated heterocycles. The molecule has 27 heavy (non-hydrogen) atoms. The molecular formula is C21H18BrN3S2. The number of hydrogen-bond acceptors (Lipinski definition) is 3. The SMILES string of the molecule is S=C(NCCN1c2ccccc2Sc2ccccc21)Nc1ccccc1Br. The molecule has 3 nitrogen and oxygen atoms in total. The number of fused-ring (bicyclic) bond motifs is 2. The average Bonchev–Trinajstić information content (AvgIpc) is 2.69. The van der Waals surface area contributed by atoms with Crippen LogP contribution in [0.25, 0.3) is 0 Å². The predicted molar refractivity (Wildman–Crippen MR) is 122 cm³/mol. The minimum Gasteiger partial charge on any atom is -0.361 e. The summed E-state index contributed by atoms with van der Waals surface area (Å²) >= 11 is 10.8. The molecule has 3 aromatic carbocycles. The van der Waals surface area contributed by atoms with Gasteiger partial charge in [-0.15, -0.1) is 0 Å². The minimum atomic E-state index is 0.620. The number of anilines is 3. The van der Waals surface area contributed by atoms with Crippen molar-refractivity contribution in [3.05, 3.63) is 77.3 Å². The van der Waals surface area contributed by atoms with Crippen molar-refractivity contribution < 1.29 is 0 Å². The van der Waals surface area contributed by atoms with Crippen molar-refractivity contribution in [2.24, 2.45) is 0 Å². The van der Waals surface area contributed by atoms with Gasteiger partial charge in [-0.05, 0) is 64.5 Å². The van der Waals surface area contributed by atoms with E-state index in [0.717, 1.165) is 23.2 Å². The lowest BCUT2D eigenvalue weighted by molar-refractivity contribution is 0.839. The lowest BCUT2D eigenvalue weighted by Gasteiger charge is -2.32. The van der Waals surface area contributed by atoms with Gasteiger partial charge in [0.25, 0.3) is 0 Å². The first-order valence-corrected chi connectivity index (χ1v) is 10.7. The smallest absolute Gasteiger partial charge is 0.170 e.